The molecule has 2 heterocycles. The van der Waals surface area contributed by atoms with E-state index in [9.17, 15) is 4.79 Å². The number of pyridine rings is 1. The van der Waals surface area contributed by atoms with Gasteiger partial charge in [0.1, 0.15) is 5.69 Å². The van der Waals surface area contributed by atoms with E-state index < -0.39 is 0 Å². The topological polar surface area (TPSA) is 72.7 Å². The predicted octanol–water partition coefficient (Wildman–Crippen LogP) is 2.68. The number of hydrogen-bond acceptors (Lipinski definition) is 4. The van der Waals surface area contributed by atoms with E-state index in [0.29, 0.717) is 15.9 Å². The molecule has 0 aliphatic carbocycles. The van der Waals surface area contributed by atoms with Gasteiger partial charge in [-0.1, -0.05) is 0 Å². The van der Waals surface area contributed by atoms with Crippen molar-refractivity contribution in [3.05, 3.63) is 65.2 Å². The van der Waals surface area contributed by atoms with E-state index in [2.05, 4.69) is 36.4 Å². The second-order valence-electron chi connectivity index (χ2n) is 4.15. The molecule has 0 saturated heterocycles. The van der Waals surface area contributed by atoms with E-state index in [-0.39, 0.29) is 5.91 Å². The van der Waals surface area contributed by atoms with E-state index in [1.807, 2.05) is 12.1 Å². The number of benzene rings is 1. The van der Waals surface area contributed by atoms with Gasteiger partial charge in [-0.25, -0.2) is 4.98 Å². The van der Waals surface area contributed by atoms with Crippen LogP contribution in [0.1, 0.15) is 10.5 Å². The van der Waals surface area contributed by atoms with Crippen LogP contribution in [0, 0.1) is 0 Å². The Balaban J connectivity index is 1.77. The highest BCUT2D eigenvalue weighted by molar-refractivity contribution is 9.10. The van der Waals surface area contributed by atoms with Crippen LogP contribution in [0.4, 0.5) is 5.69 Å². The third-order valence-corrected chi connectivity index (χ3v) is 3.39. The largest absolute Gasteiger partial charge is 0.321 e. The van der Waals surface area contributed by atoms with Crippen LogP contribution in [0.25, 0.3) is 5.69 Å². The van der Waals surface area contributed by atoms with Gasteiger partial charge in [-0.05, 0) is 52.3 Å². The molecule has 7 heteroatoms. The zero-order chi connectivity index (χ0) is 14.7. The number of halogens is 1. The molecule has 1 aromatic carbocycles. The van der Waals surface area contributed by atoms with Gasteiger partial charge in [0.2, 0.25) is 0 Å². The number of nitrogens with one attached hydrogen (secondary N) is 1. The summed E-state index contributed by atoms with van der Waals surface area (Å²) in [6, 6.07) is 10.7. The summed E-state index contributed by atoms with van der Waals surface area (Å²) in [5, 5.41) is 10.9. The highest BCUT2D eigenvalue weighted by Crippen LogP contribution is 2.16. The van der Waals surface area contributed by atoms with Crippen molar-refractivity contribution in [1.82, 2.24) is 20.0 Å². The van der Waals surface area contributed by atoms with E-state index in [4.69, 9.17) is 0 Å². The zero-order valence-corrected chi connectivity index (χ0v) is 12.4. The van der Waals surface area contributed by atoms with Crippen LogP contribution in [0.15, 0.2) is 59.5 Å². The summed E-state index contributed by atoms with van der Waals surface area (Å²) in [4.78, 5) is 17.7. The van der Waals surface area contributed by atoms with Crippen LogP contribution in [-0.4, -0.2) is 25.9 Å². The lowest BCUT2D eigenvalue weighted by atomic mass is 10.2. The standard InChI is InChI=1S/C14H10BrN5O/c15-12-2-1-7-16-13(12)14(21)19-10-3-5-11(6-4-10)20-17-8-9-18-20/h1-9H,(H,19,21). The minimum absolute atomic E-state index is 0.271. The minimum Gasteiger partial charge on any atom is -0.321 e. The van der Waals surface area contributed by atoms with E-state index in [1.54, 1.807) is 42.9 Å². The Morgan fingerprint density at radius 2 is 1.76 bits per heavy atom. The molecule has 104 valence electrons. The number of rotatable bonds is 3. The number of carbonyl (C=O) groups is 1. The quantitative estimate of drug-likeness (QED) is 0.793. The molecule has 2 aromatic heterocycles. The minimum atomic E-state index is -0.271. The van der Waals surface area contributed by atoms with E-state index in [0.717, 1.165) is 5.69 Å². The third kappa shape index (κ3) is 2.97. The molecule has 21 heavy (non-hydrogen) atoms. The summed E-state index contributed by atoms with van der Waals surface area (Å²) in [5.41, 5.74) is 1.83. The van der Waals surface area contributed by atoms with Crippen LogP contribution in [0.2, 0.25) is 0 Å². The maximum atomic E-state index is 12.1. The first kappa shape index (κ1) is 13.4. The summed E-state index contributed by atoms with van der Waals surface area (Å²) in [7, 11) is 0. The highest BCUT2D eigenvalue weighted by Gasteiger charge is 2.11. The van der Waals surface area contributed by atoms with Gasteiger partial charge in [-0.15, -0.1) is 0 Å². The lowest BCUT2D eigenvalue weighted by Gasteiger charge is -2.06. The summed E-state index contributed by atoms with van der Waals surface area (Å²) in [6.45, 7) is 0. The molecular weight excluding hydrogens is 334 g/mol. The molecule has 1 N–H and O–H groups in total. The molecule has 1 amide bonds. The summed E-state index contributed by atoms with van der Waals surface area (Å²) in [5.74, 6) is -0.271. The molecule has 0 fully saturated rings. The van der Waals surface area contributed by atoms with Crippen LogP contribution >= 0.6 is 15.9 Å². The van der Waals surface area contributed by atoms with Crippen molar-refractivity contribution in [3.8, 4) is 5.69 Å². The second-order valence-corrected chi connectivity index (χ2v) is 5.01. The Morgan fingerprint density at radius 3 is 2.43 bits per heavy atom. The number of carbonyl (C=O) groups excluding carboxylic acids is 1. The van der Waals surface area contributed by atoms with Gasteiger partial charge in [0.25, 0.3) is 5.91 Å². The van der Waals surface area contributed by atoms with Crippen molar-refractivity contribution in [1.29, 1.82) is 0 Å². The molecule has 0 unspecified atom stereocenters. The van der Waals surface area contributed by atoms with Crippen molar-refractivity contribution < 1.29 is 4.79 Å². The fourth-order valence-electron chi connectivity index (χ4n) is 1.77. The molecule has 0 aliphatic rings. The molecule has 6 nitrogen and oxygen atoms in total. The fraction of sp³-hybridized carbons (Fsp3) is 0. The number of hydrogen-bond donors (Lipinski definition) is 1. The van der Waals surface area contributed by atoms with Gasteiger partial charge >= 0.3 is 0 Å². The van der Waals surface area contributed by atoms with Gasteiger partial charge in [-0.2, -0.15) is 15.0 Å². The van der Waals surface area contributed by atoms with Crippen molar-refractivity contribution in [2.45, 2.75) is 0 Å². The van der Waals surface area contributed by atoms with Gasteiger partial charge in [0.15, 0.2) is 0 Å². The first-order valence-corrected chi connectivity index (χ1v) is 6.92. The molecule has 0 bridgehead atoms. The first-order chi connectivity index (χ1) is 10.2. The summed E-state index contributed by atoms with van der Waals surface area (Å²) < 4.78 is 0.653. The Labute approximate surface area is 129 Å². The zero-order valence-electron chi connectivity index (χ0n) is 10.8. The normalized spacial score (nSPS) is 10.3. The smallest absolute Gasteiger partial charge is 0.275 e. The first-order valence-electron chi connectivity index (χ1n) is 6.12. The van der Waals surface area contributed by atoms with Crippen molar-refractivity contribution >= 4 is 27.5 Å². The molecule has 0 radical (unpaired) electrons. The van der Waals surface area contributed by atoms with Crippen LogP contribution in [0.3, 0.4) is 0 Å². The van der Waals surface area contributed by atoms with Crippen LogP contribution in [0.5, 0.6) is 0 Å². The van der Waals surface area contributed by atoms with Gasteiger partial charge in [0.05, 0.1) is 18.1 Å². The molecular formula is C14H10BrN5O. The number of aromatic nitrogens is 4. The Bertz CT molecular complexity index is 755. The Kier molecular flexibility index (Phi) is 3.74. The summed E-state index contributed by atoms with van der Waals surface area (Å²) in [6.07, 6.45) is 4.79. The van der Waals surface area contributed by atoms with Crippen LogP contribution < -0.4 is 5.32 Å². The molecule has 0 spiro atoms. The summed E-state index contributed by atoms with van der Waals surface area (Å²) >= 11 is 3.30. The van der Waals surface area contributed by atoms with Crippen molar-refractivity contribution in [3.63, 3.8) is 0 Å². The van der Waals surface area contributed by atoms with Crippen LogP contribution in [-0.2, 0) is 0 Å². The molecule has 0 saturated carbocycles. The van der Waals surface area contributed by atoms with Gasteiger partial charge < -0.3 is 5.32 Å². The Morgan fingerprint density at radius 1 is 1.05 bits per heavy atom. The SMILES string of the molecule is O=C(Nc1ccc(-n2nccn2)cc1)c1ncccc1Br. The lowest BCUT2D eigenvalue weighted by Crippen LogP contribution is -2.14. The Hall–Kier alpha value is -2.54. The number of nitrogens with zero attached hydrogens (tertiary/aromatic N) is 4. The number of anilines is 1. The average Bonchev–Trinajstić information content (AvgIpc) is 3.02. The van der Waals surface area contributed by atoms with Crippen molar-refractivity contribution in [2.75, 3.05) is 5.32 Å². The second kappa shape index (κ2) is 5.84. The third-order valence-electron chi connectivity index (χ3n) is 2.75. The average molecular weight is 344 g/mol. The lowest BCUT2D eigenvalue weighted by molar-refractivity contribution is 0.102. The fourth-order valence-corrected chi connectivity index (χ4v) is 2.21. The maximum Gasteiger partial charge on any atom is 0.275 e. The molecule has 3 rings (SSSR count). The number of amides is 1. The highest BCUT2D eigenvalue weighted by atomic mass is 79.9. The molecule has 0 aliphatic heterocycles. The van der Waals surface area contributed by atoms with Crippen molar-refractivity contribution in [2.24, 2.45) is 0 Å². The van der Waals surface area contributed by atoms with E-state index >= 15 is 0 Å². The van der Waals surface area contributed by atoms with E-state index in [1.165, 1.54) is 4.80 Å². The molecule has 0 atom stereocenters. The molecule has 3 aromatic rings. The van der Waals surface area contributed by atoms with Gasteiger partial charge in [0, 0.05) is 16.4 Å². The van der Waals surface area contributed by atoms with Gasteiger partial charge in [-0.3, -0.25) is 4.79 Å². The maximum absolute atomic E-state index is 12.1. The monoisotopic (exact) mass is 343 g/mol. The predicted molar refractivity (Wildman–Crippen MR) is 81.2 cm³/mol.